The van der Waals surface area contributed by atoms with Crippen LogP contribution in [0.15, 0.2) is 0 Å². The standard InChI is InChI=1S/C7H15NO3S/c1-6-2-4-7(5-3-6)11-12(8,9)10/h6-7H,2-5H2,1H3,(H2,8,9,10). The predicted molar refractivity (Wildman–Crippen MR) is 45.6 cm³/mol. The van der Waals surface area contributed by atoms with Gasteiger partial charge in [0.2, 0.25) is 0 Å². The average molecular weight is 193 g/mol. The molecule has 0 spiro atoms. The van der Waals surface area contributed by atoms with E-state index in [-0.39, 0.29) is 6.10 Å². The van der Waals surface area contributed by atoms with Gasteiger partial charge < -0.3 is 0 Å². The summed E-state index contributed by atoms with van der Waals surface area (Å²) in [6, 6.07) is 0. The molecule has 0 aromatic carbocycles. The summed E-state index contributed by atoms with van der Waals surface area (Å²) < 4.78 is 25.8. The molecule has 0 heterocycles. The largest absolute Gasteiger partial charge is 0.333 e. The fourth-order valence-corrected chi connectivity index (χ4v) is 2.09. The molecule has 4 nitrogen and oxygen atoms in total. The van der Waals surface area contributed by atoms with Crippen LogP contribution in [0.4, 0.5) is 0 Å². The third kappa shape index (κ3) is 3.51. The maximum atomic E-state index is 10.5. The van der Waals surface area contributed by atoms with Gasteiger partial charge in [-0.2, -0.15) is 8.42 Å². The van der Waals surface area contributed by atoms with Crippen LogP contribution < -0.4 is 5.14 Å². The molecule has 2 N–H and O–H groups in total. The van der Waals surface area contributed by atoms with Crippen LogP contribution in [-0.2, 0) is 14.5 Å². The Morgan fingerprint density at radius 2 is 1.75 bits per heavy atom. The molecule has 1 saturated carbocycles. The van der Waals surface area contributed by atoms with E-state index in [0.717, 1.165) is 25.7 Å². The molecule has 1 rings (SSSR count). The van der Waals surface area contributed by atoms with Crippen molar-refractivity contribution in [2.75, 3.05) is 0 Å². The molecule has 0 aromatic heterocycles. The first kappa shape index (κ1) is 9.95. The molecule has 0 amide bonds. The maximum absolute atomic E-state index is 10.5. The third-order valence-corrected chi connectivity index (χ3v) is 2.77. The van der Waals surface area contributed by atoms with Crippen LogP contribution in [0.1, 0.15) is 32.6 Å². The minimum atomic E-state index is -3.74. The van der Waals surface area contributed by atoms with Crippen LogP contribution in [-0.4, -0.2) is 14.5 Å². The van der Waals surface area contributed by atoms with Crippen LogP contribution in [0.25, 0.3) is 0 Å². The third-order valence-electron chi connectivity index (χ3n) is 2.23. The molecule has 5 heteroatoms. The van der Waals surface area contributed by atoms with Gasteiger partial charge in [0, 0.05) is 0 Å². The van der Waals surface area contributed by atoms with Crippen molar-refractivity contribution >= 4 is 10.3 Å². The molecule has 72 valence electrons. The number of hydrogen-bond acceptors (Lipinski definition) is 3. The van der Waals surface area contributed by atoms with Gasteiger partial charge in [0.1, 0.15) is 0 Å². The molecule has 0 radical (unpaired) electrons. The Bertz CT molecular complexity index is 229. The van der Waals surface area contributed by atoms with E-state index in [1.807, 2.05) is 0 Å². The molecule has 0 aromatic rings. The van der Waals surface area contributed by atoms with E-state index in [1.165, 1.54) is 0 Å². The molecular weight excluding hydrogens is 178 g/mol. The molecule has 1 fully saturated rings. The molecule has 0 unspecified atom stereocenters. The summed E-state index contributed by atoms with van der Waals surface area (Å²) in [5.41, 5.74) is 0. The van der Waals surface area contributed by atoms with Crippen molar-refractivity contribution in [1.29, 1.82) is 0 Å². The highest BCUT2D eigenvalue weighted by molar-refractivity contribution is 7.84. The first-order valence-corrected chi connectivity index (χ1v) is 5.65. The van der Waals surface area contributed by atoms with Crippen molar-refractivity contribution in [2.45, 2.75) is 38.7 Å². The highest BCUT2D eigenvalue weighted by Crippen LogP contribution is 2.25. The van der Waals surface area contributed by atoms with E-state index >= 15 is 0 Å². The van der Waals surface area contributed by atoms with Gasteiger partial charge in [0.05, 0.1) is 6.10 Å². The zero-order valence-electron chi connectivity index (χ0n) is 7.19. The Morgan fingerprint density at radius 1 is 1.25 bits per heavy atom. The molecule has 0 bridgehead atoms. The Kier molecular flexibility index (Phi) is 3.09. The van der Waals surface area contributed by atoms with Gasteiger partial charge in [-0.3, -0.25) is 4.18 Å². The van der Waals surface area contributed by atoms with Gasteiger partial charge >= 0.3 is 10.3 Å². The monoisotopic (exact) mass is 193 g/mol. The Balaban J connectivity index is 2.36. The lowest BCUT2D eigenvalue weighted by Gasteiger charge is -2.24. The topological polar surface area (TPSA) is 69.4 Å². The summed E-state index contributed by atoms with van der Waals surface area (Å²) >= 11 is 0. The highest BCUT2D eigenvalue weighted by atomic mass is 32.2. The van der Waals surface area contributed by atoms with E-state index in [2.05, 4.69) is 11.1 Å². The number of hydrogen-bond donors (Lipinski definition) is 1. The van der Waals surface area contributed by atoms with Crippen molar-refractivity contribution < 1.29 is 12.6 Å². The van der Waals surface area contributed by atoms with Gasteiger partial charge in [-0.15, -0.1) is 0 Å². The Morgan fingerprint density at radius 3 is 2.17 bits per heavy atom. The fraction of sp³-hybridized carbons (Fsp3) is 1.00. The summed E-state index contributed by atoms with van der Waals surface area (Å²) in [6.45, 7) is 2.16. The fourth-order valence-electron chi connectivity index (χ4n) is 1.52. The summed E-state index contributed by atoms with van der Waals surface area (Å²) in [7, 11) is -3.74. The number of nitrogens with two attached hydrogens (primary N) is 1. The lowest BCUT2D eigenvalue weighted by atomic mass is 9.89. The van der Waals surface area contributed by atoms with Crippen molar-refractivity contribution in [3.63, 3.8) is 0 Å². The van der Waals surface area contributed by atoms with E-state index in [1.54, 1.807) is 0 Å². The second kappa shape index (κ2) is 3.72. The lowest BCUT2D eigenvalue weighted by molar-refractivity contribution is 0.142. The van der Waals surface area contributed by atoms with Gasteiger partial charge in [-0.1, -0.05) is 6.92 Å². The second-order valence-electron chi connectivity index (χ2n) is 3.47. The zero-order valence-corrected chi connectivity index (χ0v) is 8.01. The first-order valence-electron chi connectivity index (χ1n) is 4.18. The molecule has 0 saturated heterocycles. The Hall–Kier alpha value is -0.130. The van der Waals surface area contributed by atoms with Crippen molar-refractivity contribution in [1.82, 2.24) is 0 Å². The van der Waals surface area contributed by atoms with Crippen LogP contribution in [0, 0.1) is 5.92 Å². The summed E-state index contributed by atoms with van der Waals surface area (Å²) in [5.74, 6) is 0.685. The zero-order chi connectivity index (χ0) is 9.19. The second-order valence-corrected chi connectivity index (χ2v) is 4.65. The minimum absolute atomic E-state index is 0.184. The van der Waals surface area contributed by atoms with Crippen molar-refractivity contribution in [3.8, 4) is 0 Å². The maximum Gasteiger partial charge on any atom is 0.333 e. The SMILES string of the molecule is CC1CCC(OS(N)(=O)=O)CC1. The molecule has 12 heavy (non-hydrogen) atoms. The van der Waals surface area contributed by atoms with Crippen LogP contribution in [0.5, 0.6) is 0 Å². The predicted octanol–water partition coefficient (Wildman–Crippen LogP) is 0.785. The van der Waals surface area contributed by atoms with Gasteiger partial charge in [0.15, 0.2) is 0 Å². The van der Waals surface area contributed by atoms with Gasteiger partial charge in [-0.25, -0.2) is 5.14 Å². The highest BCUT2D eigenvalue weighted by Gasteiger charge is 2.21. The smallest absolute Gasteiger partial charge is 0.255 e. The van der Waals surface area contributed by atoms with Crippen molar-refractivity contribution in [3.05, 3.63) is 0 Å². The van der Waals surface area contributed by atoms with E-state index in [4.69, 9.17) is 5.14 Å². The Labute approximate surface area is 73.3 Å². The molecular formula is C7H15NO3S. The summed E-state index contributed by atoms with van der Waals surface area (Å²) in [4.78, 5) is 0. The molecule has 1 aliphatic carbocycles. The molecule has 0 aliphatic heterocycles. The van der Waals surface area contributed by atoms with Gasteiger partial charge in [-0.05, 0) is 31.6 Å². The van der Waals surface area contributed by atoms with Crippen LogP contribution in [0.3, 0.4) is 0 Å². The normalized spacial score (nSPS) is 31.8. The van der Waals surface area contributed by atoms with E-state index in [0.29, 0.717) is 5.92 Å². The first-order chi connectivity index (χ1) is 5.47. The lowest BCUT2D eigenvalue weighted by Crippen LogP contribution is -2.27. The quantitative estimate of drug-likeness (QED) is 0.704. The average Bonchev–Trinajstić information content (AvgIpc) is 1.91. The summed E-state index contributed by atoms with van der Waals surface area (Å²) in [5, 5.41) is 4.75. The minimum Gasteiger partial charge on any atom is -0.255 e. The van der Waals surface area contributed by atoms with Crippen LogP contribution >= 0.6 is 0 Å². The van der Waals surface area contributed by atoms with E-state index < -0.39 is 10.3 Å². The van der Waals surface area contributed by atoms with Crippen LogP contribution in [0.2, 0.25) is 0 Å². The van der Waals surface area contributed by atoms with Crippen molar-refractivity contribution in [2.24, 2.45) is 11.1 Å². The molecule has 0 atom stereocenters. The van der Waals surface area contributed by atoms with Gasteiger partial charge in [0.25, 0.3) is 0 Å². The molecule has 1 aliphatic rings. The van der Waals surface area contributed by atoms with E-state index in [9.17, 15) is 8.42 Å². The number of rotatable bonds is 2. The summed E-state index contributed by atoms with van der Waals surface area (Å²) in [6.07, 6.45) is 3.48.